The highest BCUT2D eigenvalue weighted by Crippen LogP contribution is 2.34. The Bertz CT molecular complexity index is 1150. The van der Waals surface area contributed by atoms with Crippen molar-refractivity contribution in [1.82, 2.24) is 4.98 Å². The molecule has 0 aliphatic carbocycles. The molecule has 3 aromatic rings. The first-order valence-corrected chi connectivity index (χ1v) is 9.50. The minimum atomic E-state index is -0.612. The number of halogens is 1. The third-order valence-corrected chi connectivity index (χ3v) is 4.61. The quantitative estimate of drug-likeness (QED) is 0.535. The van der Waals surface area contributed by atoms with Gasteiger partial charge in [0.1, 0.15) is 18.1 Å². The van der Waals surface area contributed by atoms with Crippen molar-refractivity contribution in [3.8, 4) is 17.2 Å². The van der Waals surface area contributed by atoms with Crippen LogP contribution in [0, 0.1) is 0 Å². The largest absolute Gasteiger partial charge is 0.489 e. The molecule has 3 amide bonds. The molecule has 4 rings (SSSR count). The van der Waals surface area contributed by atoms with Crippen molar-refractivity contribution >= 4 is 34.9 Å². The standard InChI is InChI=1S/C21H17ClN4O5/c22-15-9-14(29-10-12-5-6-24-17(7-12)20(23)27)2-3-16(15)26-21(28)25-13-1-4-18-19(8-13)31-11-30-18/h1-9H,10-11H2,(H2,23,27)(H2,25,26,28). The number of pyridine rings is 1. The predicted molar refractivity (Wildman–Crippen MR) is 114 cm³/mol. The molecular formula is C21H17ClN4O5. The topological polar surface area (TPSA) is 125 Å². The summed E-state index contributed by atoms with van der Waals surface area (Å²) in [6.07, 6.45) is 1.48. The van der Waals surface area contributed by atoms with Crippen molar-refractivity contribution in [1.29, 1.82) is 0 Å². The van der Waals surface area contributed by atoms with Gasteiger partial charge in [0.05, 0.1) is 10.7 Å². The Morgan fingerprint density at radius 1 is 1.06 bits per heavy atom. The average molecular weight is 441 g/mol. The summed E-state index contributed by atoms with van der Waals surface area (Å²) in [4.78, 5) is 27.4. The fourth-order valence-corrected chi connectivity index (χ4v) is 3.03. The molecule has 2 aromatic carbocycles. The Hall–Kier alpha value is -3.98. The zero-order valence-electron chi connectivity index (χ0n) is 16.1. The molecule has 0 fully saturated rings. The minimum absolute atomic E-state index is 0.155. The van der Waals surface area contributed by atoms with Crippen molar-refractivity contribution in [3.05, 3.63) is 71.0 Å². The number of nitrogens with zero attached hydrogens (tertiary/aromatic N) is 1. The summed E-state index contributed by atoms with van der Waals surface area (Å²) >= 11 is 6.27. The number of hydrogen-bond acceptors (Lipinski definition) is 6. The lowest BCUT2D eigenvalue weighted by Crippen LogP contribution is -2.19. The molecule has 0 radical (unpaired) electrons. The molecule has 0 bridgehead atoms. The normalized spacial score (nSPS) is 11.6. The summed E-state index contributed by atoms with van der Waals surface area (Å²) in [7, 11) is 0. The number of rotatable bonds is 6. The number of nitrogens with two attached hydrogens (primary N) is 1. The van der Waals surface area contributed by atoms with Crippen LogP contribution in [-0.4, -0.2) is 23.7 Å². The van der Waals surface area contributed by atoms with Crippen LogP contribution < -0.4 is 30.6 Å². The highest BCUT2D eigenvalue weighted by molar-refractivity contribution is 6.34. The number of aromatic nitrogens is 1. The molecule has 31 heavy (non-hydrogen) atoms. The Balaban J connectivity index is 1.35. The molecule has 2 heterocycles. The summed E-state index contributed by atoms with van der Waals surface area (Å²) in [6.45, 7) is 0.346. The zero-order valence-corrected chi connectivity index (χ0v) is 16.8. The number of amides is 3. The highest BCUT2D eigenvalue weighted by Gasteiger charge is 2.14. The van der Waals surface area contributed by atoms with E-state index in [1.807, 2.05) is 0 Å². The molecule has 158 valence electrons. The van der Waals surface area contributed by atoms with Crippen molar-refractivity contribution in [2.45, 2.75) is 6.61 Å². The number of primary amides is 1. The summed E-state index contributed by atoms with van der Waals surface area (Å²) < 4.78 is 16.2. The van der Waals surface area contributed by atoms with E-state index in [0.717, 1.165) is 5.56 Å². The molecule has 10 heteroatoms. The van der Waals surface area contributed by atoms with Gasteiger partial charge in [0.15, 0.2) is 11.5 Å². The van der Waals surface area contributed by atoms with Crippen molar-refractivity contribution < 1.29 is 23.8 Å². The summed E-state index contributed by atoms with van der Waals surface area (Å²) in [6, 6.07) is 12.8. The summed E-state index contributed by atoms with van der Waals surface area (Å²) in [5, 5.41) is 5.68. The van der Waals surface area contributed by atoms with Gasteiger partial charge in [-0.05, 0) is 42.0 Å². The molecule has 9 nitrogen and oxygen atoms in total. The maximum Gasteiger partial charge on any atom is 0.323 e. The van der Waals surface area contributed by atoms with E-state index in [-0.39, 0.29) is 19.1 Å². The van der Waals surface area contributed by atoms with Crippen LogP contribution in [0.1, 0.15) is 16.1 Å². The van der Waals surface area contributed by atoms with Gasteiger partial charge in [-0.25, -0.2) is 4.79 Å². The van der Waals surface area contributed by atoms with Crippen molar-refractivity contribution in [2.75, 3.05) is 17.4 Å². The van der Waals surface area contributed by atoms with Crippen molar-refractivity contribution in [3.63, 3.8) is 0 Å². The molecule has 1 aliphatic rings. The number of carbonyl (C=O) groups is 2. The first kappa shape index (κ1) is 20.3. The fourth-order valence-electron chi connectivity index (χ4n) is 2.81. The minimum Gasteiger partial charge on any atom is -0.489 e. The lowest BCUT2D eigenvalue weighted by molar-refractivity contribution is 0.0995. The SMILES string of the molecule is NC(=O)c1cc(COc2ccc(NC(=O)Nc3ccc4c(c3)OCO4)c(Cl)c2)ccn1. The van der Waals surface area contributed by atoms with Gasteiger partial charge in [-0.1, -0.05) is 11.6 Å². The maximum absolute atomic E-state index is 12.3. The maximum atomic E-state index is 12.3. The van der Waals surface area contributed by atoms with E-state index in [2.05, 4.69) is 15.6 Å². The van der Waals surface area contributed by atoms with E-state index in [4.69, 9.17) is 31.5 Å². The van der Waals surface area contributed by atoms with Gasteiger partial charge in [-0.2, -0.15) is 0 Å². The second kappa shape index (κ2) is 8.80. The van der Waals surface area contributed by atoms with Crippen LogP contribution in [0.25, 0.3) is 0 Å². The van der Waals surface area contributed by atoms with Gasteiger partial charge in [0.25, 0.3) is 5.91 Å². The molecule has 1 aromatic heterocycles. The lowest BCUT2D eigenvalue weighted by Gasteiger charge is -2.12. The third-order valence-electron chi connectivity index (χ3n) is 4.30. The second-order valence-corrected chi connectivity index (χ2v) is 6.90. The van der Waals surface area contributed by atoms with E-state index in [1.165, 1.54) is 6.20 Å². The summed E-state index contributed by atoms with van der Waals surface area (Å²) in [5.74, 6) is 1.07. The molecule has 0 atom stereocenters. The Labute approximate surface area is 182 Å². The van der Waals surface area contributed by atoms with E-state index >= 15 is 0 Å². The molecular weight excluding hydrogens is 424 g/mol. The zero-order chi connectivity index (χ0) is 21.8. The Morgan fingerprint density at radius 3 is 2.71 bits per heavy atom. The number of anilines is 2. The van der Waals surface area contributed by atoms with Gasteiger partial charge in [0.2, 0.25) is 6.79 Å². The number of ether oxygens (including phenoxy) is 3. The molecule has 0 spiro atoms. The van der Waals surface area contributed by atoms with E-state index in [1.54, 1.807) is 48.5 Å². The molecule has 0 saturated carbocycles. The molecule has 4 N–H and O–H groups in total. The van der Waals surface area contributed by atoms with Gasteiger partial charge in [0, 0.05) is 24.0 Å². The molecule has 0 saturated heterocycles. The van der Waals surface area contributed by atoms with E-state index in [0.29, 0.717) is 33.6 Å². The number of hydrogen-bond donors (Lipinski definition) is 3. The lowest BCUT2D eigenvalue weighted by atomic mass is 10.2. The highest BCUT2D eigenvalue weighted by atomic mass is 35.5. The molecule has 0 unspecified atom stereocenters. The van der Waals surface area contributed by atoms with Gasteiger partial charge in [-0.3, -0.25) is 9.78 Å². The monoisotopic (exact) mass is 440 g/mol. The average Bonchev–Trinajstić information content (AvgIpc) is 3.22. The first-order chi connectivity index (χ1) is 15.0. The first-order valence-electron chi connectivity index (χ1n) is 9.13. The van der Waals surface area contributed by atoms with E-state index < -0.39 is 11.9 Å². The Kier molecular flexibility index (Phi) is 5.76. The van der Waals surface area contributed by atoms with Gasteiger partial charge < -0.3 is 30.6 Å². The number of benzene rings is 2. The van der Waals surface area contributed by atoms with Crippen LogP contribution in [0.3, 0.4) is 0 Å². The fraction of sp³-hybridized carbons (Fsp3) is 0.0952. The predicted octanol–water partition coefficient (Wildman–Crippen LogP) is 3.79. The van der Waals surface area contributed by atoms with Crippen LogP contribution >= 0.6 is 11.6 Å². The molecule has 1 aliphatic heterocycles. The van der Waals surface area contributed by atoms with E-state index in [9.17, 15) is 9.59 Å². The smallest absolute Gasteiger partial charge is 0.323 e. The van der Waals surface area contributed by atoms with Crippen LogP contribution in [0.4, 0.5) is 16.2 Å². The Morgan fingerprint density at radius 2 is 1.90 bits per heavy atom. The van der Waals surface area contributed by atoms with Crippen LogP contribution in [0.2, 0.25) is 5.02 Å². The van der Waals surface area contributed by atoms with Crippen LogP contribution in [0.5, 0.6) is 17.2 Å². The number of fused-ring (bicyclic) bond motifs is 1. The van der Waals surface area contributed by atoms with Crippen LogP contribution in [-0.2, 0) is 6.61 Å². The number of urea groups is 1. The van der Waals surface area contributed by atoms with Gasteiger partial charge in [-0.15, -0.1) is 0 Å². The summed E-state index contributed by atoms with van der Waals surface area (Å²) in [5.41, 5.74) is 7.07. The van der Waals surface area contributed by atoms with Crippen LogP contribution in [0.15, 0.2) is 54.7 Å². The van der Waals surface area contributed by atoms with Crippen molar-refractivity contribution in [2.24, 2.45) is 5.73 Å². The second-order valence-electron chi connectivity index (χ2n) is 6.49. The number of nitrogens with one attached hydrogen (secondary N) is 2. The third kappa shape index (κ3) is 4.96. The van der Waals surface area contributed by atoms with Gasteiger partial charge >= 0.3 is 6.03 Å². The number of carbonyl (C=O) groups excluding carboxylic acids is 2.